The monoisotopic (exact) mass is 416 g/mol. The Hall–Kier alpha value is -2.64. The molecule has 0 bridgehead atoms. The molecule has 0 saturated carbocycles. The van der Waals surface area contributed by atoms with E-state index in [1.807, 2.05) is 20.8 Å². The molecule has 0 radical (unpaired) electrons. The molecule has 0 unspecified atom stereocenters. The van der Waals surface area contributed by atoms with E-state index >= 15 is 0 Å². The van der Waals surface area contributed by atoms with Crippen LogP contribution in [0.1, 0.15) is 36.7 Å². The number of rotatable bonds is 8. The Morgan fingerprint density at radius 2 is 1.69 bits per heavy atom. The van der Waals surface area contributed by atoms with Gasteiger partial charge in [-0.1, -0.05) is 18.2 Å². The molecular weight excluding hydrogens is 388 g/mol. The van der Waals surface area contributed by atoms with Gasteiger partial charge >= 0.3 is 0 Å². The Morgan fingerprint density at radius 1 is 1.10 bits per heavy atom. The second-order valence-corrected chi connectivity index (χ2v) is 9.60. The third-order valence-corrected chi connectivity index (χ3v) is 5.92. The lowest BCUT2D eigenvalue weighted by Crippen LogP contribution is -2.40. The van der Waals surface area contributed by atoms with Crippen molar-refractivity contribution in [3.63, 3.8) is 0 Å². The first-order valence-electron chi connectivity index (χ1n) is 9.23. The van der Waals surface area contributed by atoms with Crippen LogP contribution in [-0.4, -0.2) is 37.8 Å². The first-order valence-corrected chi connectivity index (χ1v) is 10.7. The molecule has 2 aromatic rings. The molecule has 0 fully saturated rings. The number of sulfonamides is 1. The highest BCUT2D eigenvalue weighted by Crippen LogP contribution is 2.21. The zero-order chi connectivity index (χ0) is 21.7. The number of amides is 1. The number of ether oxygens (including phenoxy) is 1. The van der Waals surface area contributed by atoms with Crippen LogP contribution in [0.3, 0.4) is 0 Å². The van der Waals surface area contributed by atoms with E-state index in [1.165, 1.54) is 23.5 Å². The van der Waals surface area contributed by atoms with Crippen LogP contribution in [0.4, 0.5) is 0 Å². The van der Waals surface area contributed by atoms with E-state index in [2.05, 4.69) is 11.9 Å². The molecule has 1 amide bonds. The molecule has 0 aliphatic carbocycles. The summed E-state index contributed by atoms with van der Waals surface area (Å²) in [5.74, 6) is 0.418. The second kappa shape index (κ2) is 9.24. The van der Waals surface area contributed by atoms with Gasteiger partial charge in [-0.15, -0.1) is 6.58 Å². The van der Waals surface area contributed by atoms with Gasteiger partial charge in [-0.3, -0.25) is 4.79 Å². The molecule has 2 rings (SSSR count). The van der Waals surface area contributed by atoms with E-state index in [0.29, 0.717) is 11.3 Å². The van der Waals surface area contributed by atoms with E-state index in [1.54, 1.807) is 42.5 Å². The minimum Gasteiger partial charge on any atom is -0.497 e. The fraction of sp³-hybridized carbons (Fsp3) is 0.318. The Kier molecular flexibility index (Phi) is 7.21. The fourth-order valence-corrected chi connectivity index (χ4v) is 4.07. The van der Waals surface area contributed by atoms with Crippen LogP contribution in [-0.2, 0) is 16.6 Å². The molecule has 7 heteroatoms. The second-order valence-electron chi connectivity index (χ2n) is 7.66. The van der Waals surface area contributed by atoms with Gasteiger partial charge in [-0.25, -0.2) is 8.42 Å². The first kappa shape index (κ1) is 22.6. The van der Waals surface area contributed by atoms with Crippen molar-refractivity contribution in [3.8, 4) is 5.75 Å². The predicted molar refractivity (Wildman–Crippen MR) is 114 cm³/mol. The number of nitrogens with one attached hydrogen (secondary N) is 1. The molecule has 29 heavy (non-hydrogen) atoms. The lowest BCUT2D eigenvalue weighted by Gasteiger charge is -2.22. The van der Waals surface area contributed by atoms with Crippen molar-refractivity contribution in [1.82, 2.24) is 9.62 Å². The van der Waals surface area contributed by atoms with Crippen LogP contribution in [0.2, 0.25) is 0 Å². The molecule has 0 atom stereocenters. The summed E-state index contributed by atoms with van der Waals surface area (Å²) in [5, 5.41) is 2.90. The van der Waals surface area contributed by atoms with E-state index < -0.39 is 10.0 Å². The number of carbonyl (C=O) groups is 1. The quantitative estimate of drug-likeness (QED) is 0.667. The third kappa shape index (κ3) is 6.17. The summed E-state index contributed by atoms with van der Waals surface area (Å²) in [6.45, 7) is 9.74. The van der Waals surface area contributed by atoms with Gasteiger partial charge in [0.2, 0.25) is 10.0 Å². The Bertz CT molecular complexity index is 944. The topological polar surface area (TPSA) is 75.7 Å². The van der Waals surface area contributed by atoms with E-state index in [4.69, 9.17) is 4.74 Å². The maximum Gasteiger partial charge on any atom is 0.251 e. The van der Waals surface area contributed by atoms with E-state index in [0.717, 1.165) is 5.56 Å². The Morgan fingerprint density at radius 3 is 2.17 bits per heavy atom. The van der Waals surface area contributed by atoms with E-state index in [-0.39, 0.29) is 29.4 Å². The lowest BCUT2D eigenvalue weighted by molar-refractivity contribution is 0.0919. The van der Waals surface area contributed by atoms with Crippen LogP contribution in [0.25, 0.3) is 0 Å². The minimum absolute atomic E-state index is 0.167. The van der Waals surface area contributed by atoms with Crippen molar-refractivity contribution < 1.29 is 17.9 Å². The summed E-state index contributed by atoms with van der Waals surface area (Å²) in [4.78, 5) is 12.4. The van der Waals surface area contributed by atoms with Gasteiger partial charge in [0, 0.05) is 24.2 Å². The molecule has 0 aliphatic heterocycles. The highest BCUT2D eigenvalue weighted by molar-refractivity contribution is 7.89. The number of benzene rings is 2. The molecule has 6 nitrogen and oxygen atoms in total. The van der Waals surface area contributed by atoms with Crippen LogP contribution in [0.15, 0.2) is 66.1 Å². The van der Waals surface area contributed by atoms with Gasteiger partial charge in [-0.05, 0) is 62.7 Å². The third-order valence-electron chi connectivity index (χ3n) is 4.09. The number of hydrogen-bond donors (Lipinski definition) is 1. The molecule has 0 aliphatic rings. The van der Waals surface area contributed by atoms with E-state index in [9.17, 15) is 13.2 Å². The van der Waals surface area contributed by atoms with Crippen molar-refractivity contribution in [2.24, 2.45) is 0 Å². The molecule has 0 spiro atoms. The smallest absolute Gasteiger partial charge is 0.251 e. The zero-order valence-corrected chi connectivity index (χ0v) is 18.1. The Labute approximate surface area is 173 Å². The average Bonchev–Trinajstić information content (AvgIpc) is 2.67. The maximum absolute atomic E-state index is 13.0. The van der Waals surface area contributed by atoms with Crippen LogP contribution >= 0.6 is 0 Å². The molecule has 156 valence electrons. The standard InChI is InChI=1S/C22H28N2O4S/c1-6-15-24(29(26,27)20-13-11-19(28-5)12-14-20)16-17-7-9-18(10-8-17)21(25)23-22(2,3)4/h6-14H,1,15-16H2,2-5H3,(H,23,25). The summed E-state index contributed by atoms with van der Waals surface area (Å²) in [6.07, 6.45) is 1.55. The number of methoxy groups -OCH3 is 1. The first-order chi connectivity index (χ1) is 13.6. The van der Waals surface area contributed by atoms with Crippen molar-refractivity contribution in [2.75, 3.05) is 13.7 Å². The summed E-state index contributed by atoms with van der Waals surface area (Å²) in [7, 11) is -2.18. The SMILES string of the molecule is C=CCN(Cc1ccc(C(=O)NC(C)(C)C)cc1)S(=O)(=O)c1ccc(OC)cc1. The summed E-state index contributed by atoms with van der Waals surface area (Å²) in [5.41, 5.74) is 0.969. The zero-order valence-electron chi connectivity index (χ0n) is 17.3. The molecule has 0 heterocycles. The molecule has 0 aromatic heterocycles. The van der Waals surface area contributed by atoms with Crippen molar-refractivity contribution in [3.05, 3.63) is 72.3 Å². The molecule has 0 saturated heterocycles. The van der Waals surface area contributed by atoms with Gasteiger partial charge in [0.1, 0.15) is 5.75 Å². The summed E-state index contributed by atoms with van der Waals surface area (Å²) < 4.78 is 32.5. The Balaban J connectivity index is 2.21. The number of hydrogen-bond acceptors (Lipinski definition) is 4. The van der Waals surface area contributed by atoms with Crippen LogP contribution in [0, 0.1) is 0 Å². The fourth-order valence-electron chi connectivity index (χ4n) is 2.67. The highest BCUT2D eigenvalue weighted by Gasteiger charge is 2.24. The highest BCUT2D eigenvalue weighted by atomic mass is 32.2. The van der Waals surface area contributed by atoms with Crippen LogP contribution in [0.5, 0.6) is 5.75 Å². The van der Waals surface area contributed by atoms with Crippen LogP contribution < -0.4 is 10.1 Å². The van der Waals surface area contributed by atoms with Gasteiger partial charge in [-0.2, -0.15) is 4.31 Å². The molecule has 2 aromatic carbocycles. The largest absolute Gasteiger partial charge is 0.497 e. The summed E-state index contributed by atoms with van der Waals surface area (Å²) >= 11 is 0. The molecule has 1 N–H and O–H groups in total. The average molecular weight is 417 g/mol. The number of carbonyl (C=O) groups excluding carboxylic acids is 1. The van der Waals surface area contributed by atoms with Crippen molar-refractivity contribution in [2.45, 2.75) is 37.8 Å². The van der Waals surface area contributed by atoms with Gasteiger partial charge in [0.25, 0.3) is 5.91 Å². The molecular formula is C22H28N2O4S. The number of nitrogens with zero attached hydrogens (tertiary/aromatic N) is 1. The summed E-state index contributed by atoms with van der Waals surface area (Å²) in [6, 6.07) is 13.2. The van der Waals surface area contributed by atoms with Crippen molar-refractivity contribution in [1.29, 1.82) is 0 Å². The normalized spacial score (nSPS) is 11.9. The van der Waals surface area contributed by atoms with Crippen molar-refractivity contribution >= 4 is 15.9 Å². The van der Waals surface area contributed by atoms with Gasteiger partial charge < -0.3 is 10.1 Å². The lowest BCUT2D eigenvalue weighted by atomic mass is 10.1. The predicted octanol–water partition coefficient (Wildman–Crippen LogP) is 3.60. The van der Waals surface area contributed by atoms with Gasteiger partial charge in [0.05, 0.1) is 12.0 Å². The maximum atomic E-state index is 13.0. The van der Waals surface area contributed by atoms with Gasteiger partial charge in [0.15, 0.2) is 0 Å². The minimum atomic E-state index is -3.71.